The molecule has 0 atom stereocenters. The molecule has 0 bridgehead atoms. The van der Waals surface area contributed by atoms with Gasteiger partial charge in [-0.05, 0) is 79.7 Å². The largest absolute Gasteiger partial charge is 0.456 e. The predicted molar refractivity (Wildman–Crippen MR) is 250 cm³/mol. The number of aromatic nitrogens is 4. The molecule has 0 spiro atoms. The van der Waals surface area contributed by atoms with Crippen molar-refractivity contribution in [1.29, 1.82) is 0 Å². The van der Waals surface area contributed by atoms with Crippen LogP contribution in [-0.4, -0.2) is 19.5 Å². The molecule has 0 unspecified atom stereocenters. The lowest BCUT2D eigenvalue weighted by molar-refractivity contribution is 0.660. The molecule has 3 heterocycles. The molecular formula is C56H36N4O. The lowest BCUT2D eigenvalue weighted by atomic mass is 9.82. The van der Waals surface area contributed by atoms with Gasteiger partial charge in [-0.2, -0.15) is 9.97 Å². The van der Waals surface area contributed by atoms with E-state index < -0.39 is 0 Å². The smallest absolute Gasteiger partial charge is 0.238 e. The van der Waals surface area contributed by atoms with Crippen molar-refractivity contribution in [1.82, 2.24) is 19.5 Å². The van der Waals surface area contributed by atoms with Crippen LogP contribution in [0.3, 0.4) is 0 Å². The lowest BCUT2D eigenvalue weighted by Gasteiger charge is -2.21. The first-order chi connectivity index (χ1) is 30.0. The molecule has 1 aliphatic carbocycles. The zero-order chi connectivity index (χ0) is 40.4. The first-order valence-corrected chi connectivity index (χ1v) is 20.9. The summed E-state index contributed by atoms with van der Waals surface area (Å²) in [6.07, 6.45) is 0. The number of hydrogen-bond donors (Lipinski definition) is 0. The Morgan fingerprint density at radius 3 is 1.95 bits per heavy atom. The molecule has 0 N–H and O–H groups in total. The molecule has 3 aromatic heterocycles. The minimum Gasteiger partial charge on any atom is -0.456 e. The first kappa shape index (κ1) is 34.0. The van der Waals surface area contributed by atoms with Crippen LogP contribution in [-0.2, 0) is 5.41 Å². The highest BCUT2D eigenvalue weighted by Crippen LogP contribution is 2.53. The minimum atomic E-state index is -0.141. The maximum atomic E-state index is 6.40. The minimum absolute atomic E-state index is 0.141. The van der Waals surface area contributed by atoms with Gasteiger partial charge in [0.15, 0.2) is 11.6 Å². The van der Waals surface area contributed by atoms with Crippen LogP contribution < -0.4 is 0 Å². The van der Waals surface area contributed by atoms with Gasteiger partial charge in [0.2, 0.25) is 5.95 Å². The molecule has 0 amide bonds. The Balaban J connectivity index is 1.14. The summed E-state index contributed by atoms with van der Waals surface area (Å²) < 4.78 is 8.69. The van der Waals surface area contributed by atoms with Crippen LogP contribution in [0.1, 0.15) is 25.0 Å². The first-order valence-electron chi connectivity index (χ1n) is 20.9. The van der Waals surface area contributed by atoms with Gasteiger partial charge in [-0.3, -0.25) is 4.57 Å². The van der Waals surface area contributed by atoms with Crippen LogP contribution in [0.4, 0.5) is 0 Å². The summed E-state index contributed by atoms with van der Waals surface area (Å²) in [4.78, 5) is 16.1. The Hall–Kier alpha value is -7.89. The average molecular weight is 781 g/mol. The van der Waals surface area contributed by atoms with Crippen molar-refractivity contribution in [3.05, 3.63) is 193 Å². The Kier molecular flexibility index (Phi) is 7.00. The van der Waals surface area contributed by atoms with Gasteiger partial charge in [0, 0.05) is 43.7 Å². The highest BCUT2D eigenvalue weighted by atomic mass is 16.3. The third kappa shape index (κ3) is 4.92. The maximum Gasteiger partial charge on any atom is 0.238 e. The van der Waals surface area contributed by atoms with E-state index in [0.717, 1.165) is 65.8 Å². The van der Waals surface area contributed by atoms with E-state index in [1.165, 1.54) is 44.0 Å². The molecule has 0 aliphatic heterocycles. The number of fused-ring (bicyclic) bond motifs is 12. The van der Waals surface area contributed by atoms with Crippen molar-refractivity contribution < 1.29 is 4.42 Å². The Labute approximate surface area is 351 Å². The molecule has 0 fully saturated rings. The molecular weight excluding hydrogens is 745 g/mol. The van der Waals surface area contributed by atoms with Crippen LogP contribution in [0.5, 0.6) is 0 Å². The summed E-state index contributed by atoms with van der Waals surface area (Å²) in [6.45, 7) is 4.68. The van der Waals surface area contributed by atoms with Gasteiger partial charge in [-0.15, -0.1) is 0 Å². The molecule has 12 aromatic rings. The van der Waals surface area contributed by atoms with Crippen LogP contribution in [0, 0.1) is 0 Å². The summed E-state index contributed by atoms with van der Waals surface area (Å²) in [7, 11) is 0. The molecule has 1 aliphatic rings. The molecule has 61 heavy (non-hydrogen) atoms. The van der Waals surface area contributed by atoms with E-state index in [0.29, 0.717) is 17.6 Å². The van der Waals surface area contributed by atoms with Crippen molar-refractivity contribution in [2.45, 2.75) is 19.3 Å². The quantitative estimate of drug-likeness (QED) is 0.178. The van der Waals surface area contributed by atoms with Crippen molar-refractivity contribution in [2.75, 3.05) is 0 Å². The fourth-order valence-electron chi connectivity index (χ4n) is 10.2. The second-order valence-electron chi connectivity index (χ2n) is 16.8. The van der Waals surface area contributed by atoms with Crippen molar-refractivity contribution >= 4 is 65.3 Å². The van der Waals surface area contributed by atoms with Gasteiger partial charge < -0.3 is 4.42 Å². The number of hydrogen-bond acceptors (Lipinski definition) is 4. The summed E-state index contributed by atoms with van der Waals surface area (Å²) >= 11 is 0. The molecule has 5 heteroatoms. The SMILES string of the molecule is CC1(C)c2ccccc2-c2c(-c3cccc4c5c6ccccc6ccc5n(-c5nc(-c6ccc7ccccc7c6)nc(-c6ccc7c(c6)oc6ccccc67)n5)c34)cccc21. The van der Waals surface area contributed by atoms with E-state index in [-0.39, 0.29) is 5.41 Å². The Morgan fingerprint density at radius 2 is 1.07 bits per heavy atom. The van der Waals surface area contributed by atoms with Crippen LogP contribution in [0.15, 0.2) is 186 Å². The molecule has 5 nitrogen and oxygen atoms in total. The predicted octanol–water partition coefficient (Wildman–Crippen LogP) is 14.5. The number of rotatable bonds is 4. The zero-order valence-corrected chi connectivity index (χ0v) is 33.5. The second kappa shape index (κ2) is 12.6. The standard InChI is InChI=1S/C56H36N4O/c1-56(2)45-22-9-7-18-43(45)50-41(19-12-23-46(50)56)42-20-11-21-44-51-38-16-6-5-14-34(38)28-30-47(51)60(52(42)44)55-58-53(36-26-25-33-13-3-4-15-35(33)31-36)57-54(59-55)37-27-29-40-39-17-8-10-24-48(39)61-49(40)32-37/h3-32H,1-2H3. The van der Waals surface area contributed by atoms with Crippen molar-refractivity contribution in [2.24, 2.45) is 0 Å². The van der Waals surface area contributed by atoms with Crippen molar-refractivity contribution in [3.63, 3.8) is 0 Å². The van der Waals surface area contributed by atoms with Gasteiger partial charge in [-0.1, -0.05) is 166 Å². The molecule has 0 saturated heterocycles. The third-order valence-corrected chi connectivity index (χ3v) is 13.0. The van der Waals surface area contributed by atoms with Gasteiger partial charge in [0.25, 0.3) is 0 Å². The summed E-state index contributed by atoms with van der Waals surface area (Å²) in [5.74, 6) is 1.72. The van der Waals surface area contributed by atoms with E-state index in [1.54, 1.807) is 0 Å². The molecule has 13 rings (SSSR count). The van der Waals surface area contributed by atoms with Gasteiger partial charge in [-0.25, -0.2) is 4.98 Å². The summed E-state index contributed by atoms with van der Waals surface area (Å²) in [5.41, 5.74) is 12.9. The van der Waals surface area contributed by atoms with Gasteiger partial charge >= 0.3 is 0 Å². The fraction of sp³-hybridized carbons (Fsp3) is 0.0536. The molecule has 0 saturated carbocycles. The number of furan rings is 1. The van der Waals surface area contributed by atoms with Gasteiger partial charge in [0.05, 0.1) is 11.0 Å². The summed E-state index contributed by atoms with van der Waals surface area (Å²) in [5, 5.41) is 9.11. The van der Waals surface area contributed by atoms with Gasteiger partial charge in [0.1, 0.15) is 11.2 Å². The number of para-hydroxylation sites is 2. The third-order valence-electron chi connectivity index (χ3n) is 13.0. The monoisotopic (exact) mass is 780 g/mol. The highest BCUT2D eigenvalue weighted by molar-refractivity contribution is 6.24. The second-order valence-corrected chi connectivity index (χ2v) is 16.8. The molecule has 0 radical (unpaired) electrons. The Morgan fingerprint density at radius 1 is 0.443 bits per heavy atom. The lowest BCUT2D eigenvalue weighted by Crippen LogP contribution is -2.14. The average Bonchev–Trinajstić information content (AvgIpc) is 3.94. The number of nitrogens with zero attached hydrogens (tertiary/aromatic N) is 4. The fourth-order valence-corrected chi connectivity index (χ4v) is 10.2. The normalized spacial score (nSPS) is 13.2. The highest BCUT2D eigenvalue weighted by Gasteiger charge is 2.37. The van der Waals surface area contributed by atoms with E-state index in [4.69, 9.17) is 19.4 Å². The van der Waals surface area contributed by atoms with Crippen LogP contribution in [0.2, 0.25) is 0 Å². The van der Waals surface area contributed by atoms with E-state index in [9.17, 15) is 0 Å². The Bertz CT molecular complexity index is 3810. The molecule has 9 aromatic carbocycles. The van der Waals surface area contributed by atoms with Crippen LogP contribution >= 0.6 is 0 Å². The van der Waals surface area contributed by atoms with Crippen molar-refractivity contribution in [3.8, 4) is 51.0 Å². The molecule has 286 valence electrons. The zero-order valence-electron chi connectivity index (χ0n) is 33.5. The van der Waals surface area contributed by atoms with E-state index in [2.05, 4.69) is 182 Å². The van der Waals surface area contributed by atoms with E-state index in [1.807, 2.05) is 18.2 Å². The maximum absolute atomic E-state index is 6.40. The van der Waals surface area contributed by atoms with E-state index >= 15 is 0 Å². The topological polar surface area (TPSA) is 56.7 Å². The summed E-state index contributed by atoms with van der Waals surface area (Å²) in [6, 6.07) is 64.8. The number of benzene rings is 9. The van der Waals surface area contributed by atoms with Crippen LogP contribution in [0.25, 0.3) is 116 Å².